The van der Waals surface area contributed by atoms with Gasteiger partial charge in [-0.3, -0.25) is 4.79 Å². The van der Waals surface area contributed by atoms with Gasteiger partial charge in [-0.1, -0.05) is 23.9 Å². The van der Waals surface area contributed by atoms with E-state index >= 15 is 0 Å². The van der Waals surface area contributed by atoms with Crippen molar-refractivity contribution >= 4 is 29.0 Å². The largest absolute Gasteiger partial charge is 0.366 e. The zero-order valence-corrected chi connectivity index (χ0v) is 14.2. The first kappa shape index (κ1) is 15.8. The number of imidazole rings is 1. The number of benzene rings is 1. The van der Waals surface area contributed by atoms with Crippen molar-refractivity contribution in [3.05, 3.63) is 53.3 Å². The molecule has 1 aromatic carbocycles. The second-order valence-electron chi connectivity index (χ2n) is 4.87. The number of carbonyl (C=O) groups is 1. The van der Waals surface area contributed by atoms with Crippen LogP contribution in [0.4, 0.5) is 0 Å². The zero-order chi connectivity index (χ0) is 16.2. The van der Waals surface area contributed by atoms with Gasteiger partial charge in [0.15, 0.2) is 5.16 Å². The molecule has 5 nitrogen and oxygen atoms in total. The number of thiazole rings is 1. The fourth-order valence-corrected chi connectivity index (χ4v) is 3.95. The first-order valence-electron chi connectivity index (χ1n) is 7.16. The first-order valence-corrected chi connectivity index (χ1v) is 9.02. The Morgan fingerprint density at radius 2 is 2.13 bits per heavy atom. The lowest BCUT2D eigenvalue weighted by atomic mass is 10.1. The van der Waals surface area contributed by atoms with Crippen molar-refractivity contribution in [3.8, 4) is 10.6 Å². The van der Waals surface area contributed by atoms with Gasteiger partial charge in [0.2, 0.25) is 5.91 Å². The number of amides is 1. The smallest absolute Gasteiger partial charge is 0.248 e. The molecule has 2 aromatic heterocycles. The van der Waals surface area contributed by atoms with E-state index in [0.717, 1.165) is 33.7 Å². The van der Waals surface area contributed by atoms with Crippen LogP contribution in [0.1, 0.15) is 23.0 Å². The Morgan fingerprint density at radius 3 is 2.83 bits per heavy atom. The van der Waals surface area contributed by atoms with Crippen molar-refractivity contribution in [2.24, 2.45) is 5.73 Å². The molecule has 2 heterocycles. The molecule has 3 aromatic rings. The number of aryl methyl sites for hydroxylation is 1. The van der Waals surface area contributed by atoms with Crippen LogP contribution in [-0.2, 0) is 12.3 Å². The molecule has 118 valence electrons. The van der Waals surface area contributed by atoms with E-state index in [4.69, 9.17) is 5.73 Å². The molecule has 23 heavy (non-hydrogen) atoms. The minimum absolute atomic E-state index is 0.417. The van der Waals surface area contributed by atoms with Crippen LogP contribution in [-0.4, -0.2) is 20.4 Å². The standard InChI is InChI=1S/C16H16N4OS2/c1-2-20-8-7-18-16(20)23-10-13-9-22-15(19-13)12-5-3-11(4-6-12)14(17)21/h3-9H,2,10H2,1H3,(H2,17,21). The van der Waals surface area contributed by atoms with E-state index in [2.05, 4.69) is 26.8 Å². The molecule has 0 aliphatic rings. The third-order valence-corrected chi connectivity index (χ3v) is 5.31. The van der Waals surface area contributed by atoms with Crippen LogP contribution in [0.2, 0.25) is 0 Å². The van der Waals surface area contributed by atoms with Gasteiger partial charge in [-0.05, 0) is 19.1 Å². The first-order chi connectivity index (χ1) is 11.2. The summed E-state index contributed by atoms with van der Waals surface area (Å²) in [6, 6.07) is 7.20. The molecule has 2 N–H and O–H groups in total. The Kier molecular flexibility index (Phi) is 4.78. The van der Waals surface area contributed by atoms with E-state index in [1.807, 2.05) is 24.5 Å². The third-order valence-electron chi connectivity index (χ3n) is 3.34. The van der Waals surface area contributed by atoms with Crippen LogP contribution < -0.4 is 5.73 Å². The fourth-order valence-electron chi connectivity index (χ4n) is 2.10. The number of thioether (sulfide) groups is 1. The molecule has 0 bridgehead atoms. The second-order valence-corrected chi connectivity index (χ2v) is 6.67. The minimum atomic E-state index is -0.417. The van der Waals surface area contributed by atoms with Crippen molar-refractivity contribution in [2.45, 2.75) is 24.4 Å². The number of hydrogen-bond acceptors (Lipinski definition) is 5. The molecule has 0 saturated heterocycles. The molecule has 0 unspecified atom stereocenters. The molecule has 0 spiro atoms. The maximum atomic E-state index is 11.1. The van der Waals surface area contributed by atoms with Gasteiger partial charge in [0, 0.05) is 41.2 Å². The van der Waals surface area contributed by atoms with E-state index < -0.39 is 5.91 Å². The van der Waals surface area contributed by atoms with Crippen LogP contribution in [0.15, 0.2) is 47.2 Å². The van der Waals surface area contributed by atoms with Gasteiger partial charge in [-0.15, -0.1) is 11.3 Å². The summed E-state index contributed by atoms with van der Waals surface area (Å²) in [6.07, 6.45) is 3.80. The van der Waals surface area contributed by atoms with Crippen molar-refractivity contribution in [1.82, 2.24) is 14.5 Å². The molecule has 0 saturated carbocycles. The quantitative estimate of drug-likeness (QED) is 0.695. The lowest BCUT2D eigenvalue weighted by Crippen LogP contribution is -2.10. The molecule has 0 aliphatic carbocycles. The lowest BCUT2D eigenvalue weighted by Gasteiger charge is -2.02. The number of rotatable bonds is 6. The molecule has 1 amide bonds. The number of primary amides is 1. The molecule has 7 heteroatoms. The Morgan fingerprint density at radius 1 is 1.35 bits per heavy atom. The van der Waals surface area contributed by atoms with E-state index in [1.165, 1.54) is 0 Å². The maximum Gasteiger partial charge on any atom is 0.248 e. The number of hydrogen-bond donors (Lipinski definition) is 1. The predicted octanol–water partition coefficient (Wildman–Crippen LogP) is 3.42. The van der Waals surface area contributed by atoms with E-state index in [9.17, 15) is 4.79 Å². The Labute approximate surface area is 142 Å². The third kappa shape index (κ3) is 3.62. The highest BCUT2D eigenvalue weighted by Crippen LogP contribution is 2.27. The molecule has 0 fully saturated rings. The number of nitrogens with two attached hydrogens (primary N) is 1. The van der Waals surface area contributed by atoms with Crippen LogP contribution in [0, 0.1) is 0 Å². The van der Waals surface area contributed by atoms with Gasteiger partial charge in [-0.25, -0.2) is 9.97 Å². The van der Waals surface area contributed by atoms with Crippen molar-refractivity contribution in [2.75, 3.05) is 0 Å². The minimum Gasteiger partial charge on any atom is -0.366 e. The normalized spacial score (nSPS) is 10.8. The summed E-state index contributed by atoms with van der Waals surface area (Å²) in [7, 11) is 0. The number of nitrogens with zero attached hydrogens (tertiary/aromatic N) is 3. The van der Waals surface area contributed by atoms with Gasteiger partial charge >= 0.3 is 0 Å². The van der Waals surface area contributed by atoms with E-state index in [1.54, 1.807) is 35.2 Å². The molecular weight excluding hydrogens is 328 g/mol. The fraction of sp³-hybridized carbons (Fsp3) is 0.188. The van der Waals surface area contributed by atoms with Crippen LogP contribution in [0.5, 0.6) is 0 Å². The van der Waals surface area contributed by atoms with Crippen LogP contribution in [0.25, 0.3) is 10.6 Å². The Bertz CT molecular complexity index is 808. The summed E-state index contributed by atoms with van der Waals surface area (Å²) < 4.78 is 2.11. The predicted molar refractivity (Wildman–Crippen MR) is 93.5 cm³/mol. The zero-order valence-electron chi connectivity index (χ0n) is 12.6. The van der Waals surface area contributed by atoms with Crippen LogP contribution >= 0.6 is 23.1 Å². The monoisotopic (exact) mass is 344 g/mol. The summed E-state index contributed by atoms with van der Waals surface area (Å²) in [5.41, 5.74) is 7.78. The van der Waals surface area contributed by atoms with Gasteiger partial charge in [0.25, 0.3) is 0 Å². The molecular formula is C16H16N4OS2. The topological polar surface area (TPSA) is 73.8 Å². The summed E-state index contributed by atoms with van der Waals surface area (Å²) >= 11 is 3.28. The molecule has 0 radical (unpaired) electrons. The highest BCUT2D eigenvalue weighted by atomic mass is 32.2. The summed E-state index contributed by atoms with van der Waals surface area (Å²) in [6.45, 7) is 3.01. The highest BCUT2D eigenvalue weighted by Gasteiger charge is 2.08. The van der Waals surface area contributed by atoms with Crippen molar-refractivity contribution in [3.63, 3.8) is 0 Å². The second kappa shape index (κ2) is 6.97. The highest BCUT2D eigenvalue weighted by molar-refractivity contribution is 7.98. The van der Waals surface area contributed by atoms with Crippen molar-refractivity contribution in [1.29, 1.82) is 0 Å². The number of carbonyl (C=O) groups excluding carboxylic acids is 1. The Hall–Kier alpha value is -2.12. The summed E-state index contributed by atoms with van der Waals surface area (Å²) in [5, 5.41) is 4.01. The molecule has 0 aliphatic heterocycles. The van der Waals surface area contributed by atoms with E-state index in [-0.39, 0.29) is 0 Å². The van der Waals surface area contributed by atoms with Crippen molar-refractivity contribution < 1.29 is 4.79 Å². The SMILES string of the molecule is CCn1ccnc1SCc1csc(-c2ccc(C(N)=O)cc2)n1. The van der Waals surface area contributed by atoms with E-state index in [0.29, 0.717) is 5.56 Å². The summed E-state index contributed by atoms with van der Waals surface area (Å²) in [4.78, 5) is 20.1. The Balaban J connectivity index is 1.69. The molecule has 0 atom stereocenters. The van der Waals surface area contributed by atoms with Crippen LogP contribution in [0.3, 0.4) is 0 Å². The van der Waals surface area contributed by atoms with Gasteiger partial charge < -0.3 is 10.3 Å². The van der Waals surface area contributed by atoms with Gasteiger partial charge in [-0.2, -0.15) is 0 Å². The lowest BCUT2D eigenvalue weighted by molar-refractivity contribution is 0.100. The average Bonchev–Trinajstić information content (AvgIpc) is 3.21. The number of aromatic nitrogens is 3. The molecule has 3 rings (SSSR count). The summed E-state index contributed by atoms with van der Waals surface area (Å²) in [5.74, 6) is 0.367. The average molecular weight is 344 g/mol. The van der Waals surface area contributed by atoms with Gasteiger partial charge in [0.05, 0.1) is 5.69 Å². The van der Waals surface area contributed by atoms with Gasteiger partial charge in [0.1, 0.15) is 5.01 Å². The maximum absolute atomic E-state index is 11.1.